The smallest absolute Gasteiger partial charge is 0.171 e. The van der Waals surface area contributed by atoms with Crippen LogP contribution in [0.1, 0.15) is 18.1 Å². The van der Waals surface area contributed by atoms with Crippen molar-refractivity contribution in [2.75, 3.05) is 19.0 Å². The molecule has 4 nitrogen and oxygen atoms in total. The quantitative estimate of drug-likeness (QED) is 0.774. The van der Waals surface area contributed by atoms with Crippen LogP contribution in [0, 0.1) is 13.8 Å². The van der Waals surface area contributed by atoms with Crippen LogP contribution in [-0.2, 0) is 0 Å². The monoisotopic (exact) mass is 344 g/mol. The second-order valence-electron chi connectivity index (χ2n) is 5.84. The van der Waals surface area contributed by atoms with Gasteiger partial charge in [0.15, 0.2) is 16.6 Å². The van der Waals surface area contributed by atoms with Gasteiger partial charge >= 0.3 is 0 Å². The van der Waals surface area contributed by atoms with Crippen LogP contribution >= 0.6 is 12.2 Å². The molecule has 2 aromatic rings. The van der Waals surface area contributed by atoms with Crippen LogP contribution in [0.15, 0.2) is 42.5 Å². The first-order valence-corrected chi connectivity index (χ1v) is 8.30. The molecule has 0 bridgehead atoms. The second-order valence-corrected chi connectivity index (χ2v) is 6.25. The van der Waals surface area contributed by atoms with Crippen molar-refractivity contribution in [1.82, 2.24) is 5.32 Å². The van der Waals surface area contributed by atoms with Gasteiger partial charge in [0.2, 0.25) is 0 Å². The molecule has 0 radical (unpaired) electrons. The van der Waals surface area contributed by atoms with Gasteiger partial charge in [-0.05, 0) is 68.4 Å². The van der Waals surface area contributed by atoms with Crippen molar-refractivity contribution in [2.45, 2.75) is 26.8 Å². The van der Waals surface area contributed by atoms with Gasteiger partial charge in [-0.3, -0.25) is 0 Å². The van der Waals surface area contributed by atoms with Crippen LogP contribution in [0.4, 0.5) is 5.69 Å². The van der Waals surface area contributed by atoms with Crippen molar-refractivity contribution in [1.29, 1.82) is 0 Å². The molecule has 0 aliphatic carbocycles. The zero-order chi connectivity index (χ0) is 17.5. The average Bonchev–Trinajstić information content (AvgIpc) is 2.52. The normalized spacial score (nSPS) is 11.5. The summed E-state index contributed by atoms with van der Waals surface area (Å²) >= 11 is 5.38. The van der Waals surface area contributed by atoms with E-state index in [1.54, 1.807) is 7.11 Å². The van der Waals surface area contributed by atoms with Crippen molar-refractivity contribution in [3.05, 3.63) is 53.6 Å². The molecule has 0 heterocycles. The lowest BCUT2D eigenvalue weighted by molar-refractivity contribution is 0.270. The first-order chi connectivity index (χ1) is 11.5. The number of methoxy groups -OCH3 is 1. The number of ether oxygens (including phenoxy) is 2. The summed E-state index contributed by atoms with van der Waals surface area (Å²) < 4.78 is 11.1. The minimum absolute atomic E-state index is 0.0563. The van der Waals surface area contributed by atoms with Crippen molar-refractivity contribution < 1.29 is 9.47 Å². The third-order valence-corrected chi connectivity index (χ3v) is 3.63. The fourth-order valence-electron chi connectivity index (χ4n) is 2.43. The summed E-state index contributed by atoms with van der Waals surface area (Å²) in [5, 5.41) is 7.02. The van der Waals surface area contributed by atoms with E-state index < -0.39 is 0 Å². The molecule has 0 aromatic heterocycles. The maximum Gasteiger partial charge on any atom is 0.171 e. The van der Waals surface area contributed by atoms with E-state index in [1.165, 1.54) is 11.1 Å². The largest absolute Gasteiger partial charge is 0.493 e. The second kappa shape index (κ2) is 8.55. The zero-order valence-electron chi connectivity index (χ0n) is 14.6. The molecule has 0 saturated carbocycles. The van der Waals surface area contributed by atoms with E-state index in [2.05, 4.69) is 42.7 Å². The Morgan fingerprint density at radius 2 is 1.71 bits per heavy atom. The molecular weight excluding hydrogens is 320 g/mol. The van der Waals surface area contributed by atoms with Crippen LogP contribution in [0.25, 0.3) is 0 Å². The van der Waals surface area contributed by atoms with Gasteiger partial charge in [0.1, 0.15) is 6.61 Å². The fraction of sp³-hybridized carbons (Fsp3) is 0.316. The highest BCUT2D eigenvalue weighted by Crippen LogP contribution is 2.25. The Morgan fingerprint density at radius 3 is 2.33 bits per heavy atom. The molecule has 0 saturated heterocycles. The molecule has 1 atom stereocenters. The Morgan fingerprint density at radius 1 is 1.08 bits per heavy atom. The van der Waals surface area contributed by atoms with E-state index in [9.17, 15) is 0 Å². The van der Waals surface area contributed by atoms with Crippen molar-refractivity contribution in [3.8, 4) is 11.5 Å². The van der Waals surface area contributed by atoms with E-state index in [0.29, 0.717) is 11.7 Å². The number of hydrogen-bond donors (Lipinski definition) is 2. The predicted octanol–water partition coefficient (Wildman–Crippen LogP) is 4.07. The molecule has 2 aromatic carbocycles. The molecule has 24 heavy (non-hydrogen) atoms. The molecule has 0 aliphatic heterocycles. The maximum atomic E-state index is 5.80. The minimum Gasteiger partial charge on any atom is -0.493 e. The van der Waals surface area contributed by atoms with E-state index >= 15 is 0 Å². The summed E-state index contributed by atoms with van der Waals surface area (Å²) in [6, 6.07) is 13.9. The summed E-state index contributed by atoms with van der Waals surface area (Å²) in [6.45, 7) is 6.64. The van der Waals surface area contributed by atoms with Crippen molar-refractivity contribution in [3.63, 3.8) is 0 Å². The number of aryl methyl sites for hydroxylation is 2. The molecule has 2 N–H and O–H groups in total. The van der Waals surface area contributed by atoms with Crippen LogP contribution in [0.2, 0.25) is 0 Å². The molecule has 5 heteroatoms. The predicted molar refractivity (Wildman–Crippen MR) is 103 cm³/mol. The average molecular weight is 344 g/mol. The van der Waals surface area contributed by atoms with Crippen LogP contribution < -0.4 is 20.1 Å². The van der Waals surface area contributed by atoms with Gasteiger partial charge < -0.3 is 20.1 Å². The summed E-state index contributed by atoms with van der Waals surface area (Å²) in [5.74, 6) is 1.45. The Bertz CT molecular complexity index is 683. The van der Waals surface area contributed by atoms with E-state index in [-0.39, 0.29) is 6.04 Å². The number of para-hydroxylation sites is 2. The molecule has 0 spiro atoms. The fourth-order valence-corrected chi connectivity index (χ4v) is 2.75. The van der Waals surface area contributed by atoms with E-state index in [0.717, 1.165) is 17.2 Å². The first-order valence-electron chi connectivity index (χ1n) is 7.89. The van der Waals surface area contributed by atoms with Crippen molar-refractivity contribution in [2.24, 2.45) is 0 Å². The lowest BCUT2D eigenvalue weighted by Gasteiger charge is -2.19. The van der Waals surface area contributed by atoms with Crippen LogP contribution in [0.5, 0.6) is 11.5 Å². The number of thiocarbonyl (C=S) groups is 1. The van der Waals surface area contributed by atoms with Gasteiger partial charge in [-0.1, -0.05) is 18.2 Å². The number of nitrogens with one attached hydrogen (secondary N) is 2. The van der Waals surface area contributed by atoms with Crippen LogP contribution in [-0.4, -0.2) is 24.9 Å². The highest BCUT2D eigenvalue weighted by molar-refractivity contribution is 7.80. The molecule has 2 rings (SSSR count). The van der Waals surface area contributed by atoms with Gasteiger partial charge in [-0.25, -0.2) is 0 Å². The number of hydrogen-bond acceptors (Lipinski definition) is 3. The SMILES string of the molecule is COc1ccccc1OC[C@H](C)NC(=S)Nc1cc(C)cc(C)c1. The molecule has 0 unspecified atom stereocenters. The number of benzene rings is 2. The van der Waals surface area contributed by atoms with Crippen molar-refractivity contribution >= 4 is 23.0 Å². The topological polar surface area (TPSA) is 42.5 Å². The zero-order valence-corrected chi connectivity index (χ0v) is 15.4. The number of rotatable bonds is 6. The van der Waals surface area contributed by atoms with Gasteiger partial charge in [0.05, 0.1) is 13.2 Å². The Hall–Kier alpha value is -2.27. The van der Waals surface area contributed by atoms with Gasteiger partial charge in [0.25, 0.3) is 0 Å². The standard InChI is InChI=1S/C19H24N2O2S/c1-13-9-14(2)11-16(10-13)21-19(24)20-15(3)12-23-18-8-6-5-7-17(18)22-4/h5-11,15H,12H2,1-4H3,(H2,20,21,24)/t15-/m0/s1. The molecule has 0 amide bonds. The Kier molecular flexibility index (Phi) is 6.44. The van der Waals surface area contributed by atoms with Gasteiger partial charge in [0, 0.05) is 5.69 Å². The van der Waals surface area contributed by atoms with E-state index in [4.69, 9.17) is 21.7 Å². The Balaban J connectivity index is 1.85. The third kappa shape index (κ3) is 5.42. The minimum atomic E-state index is 0.0563. The summed E-state index contributed by atoms with van der Waals surface area (Å²) in [6.07, 6.45) is 0. The summed E-state index contributed by atoms with van der Waals surface area (Å²) in [7, 11) is 1.63. The van der Waals surface area contributed by atoms with Gasteiger partial charge in [-0.2, -0.15) is 0 Å². The number of anilines is 1. The lowest BCUT2D eigenvalue weighted by atomic mass is 10.1. The highest BCUT2D eigenvalue weighted by atomic mass is 32.1. The molecule has 0 fully saturated rings. The Labute approximate surface area is 149 Å². The third-order valence-electron chi connectivity index (χ3n) is 3.41. The van der Waals surface area contributed by atoms with Crippen LogP contribution in [0.3, 0.4) is 0 Å². The van der Waals surface area contributed by atoms with Gasteiger partial charge in [-0.15, -0.1) is 0 Å². The first kappa shape index (κ1) is 18.1. The molecule has 128 valence electrons. The summed E-state index contributed by atoms with van der Waals surface area (Å²) in [5.41, 5.74) is 3.39. The van der Waals surface area contributed by atoms with E-state index in [1.807, 2.05) is 31.2 Å². The summed E-state index contributed by atoms with van der Waals surface area (Å²) in [4.78, 5) is 0. The maximum absolute atomic E-state index is 5.80. The molecule has 0 aliphatic rings. The molecular formula is C19H24N2O2S. The lowest BCUT2D eigenvalue weighted by Crippen LogP contribution is -2.39. The highest BCUT2D eigenvalue weighted by Gasteiger charge is 2.08.